The lowest BCUT2D eigenvalue weighted by Gasteiger charge is -2.10. The molecule has 2 aromatic rings. The summed E-state index contributed by atoms with van der Waals surface area (Å²) < 4.78 is 11.3. The third kappa shape index (κ3) is 3.60. The average Bonchev–Trinajstić information content (AvgIpc) is 2.53. The van der Waals surface area contributed by atoms with Gasteiger partial charge in [0.2, 0.25) is 0 Å². The molecule has 122 valence electrons. The lowest BCUT2D eigenvalue weighted by atomic mass is 10.1. The van der Waals surface area contributed by atoms with E-state index in [4.69, 9.17) is 14.6 Å². The molecular weight excluding hydrogens is 304 g/mol. The summed E-state index contributed by atoms with van der Waals surface area (Å²) in [6, 6.07) is 6.17. The molecule has 0 saturated heterocycles. The van der Waals surface area contributed by atoms with Crippen molar-refractivity contribution >= 4 is 5.97 Å². The Bertz CT molecular complexity index is 805. The van der Waals surface area contributed by atoms with E-state index in [1.807, 2.05) is 0 Å². The Morgan fingerprint density at radius 1 is 1.17 bits per heavy atom. The molecule has 23 heavy (non-hydrogen) atoms. The van der Waals surface area contributed by atoms with Gasteiger partial charge in [0.05, 0.1) is 14.2 Å². The van der Waals surface area contributed by atoms with Crippen LogP contribution in [-0.4, -0.2) is 34.8 Å². The number of nitrogens with zero attached hydrogens (tertiary/aromatic N) is 1. The summed E-state index contributed by atoms with van der Waals surface area (Å²) in [7, 11) is 3.04. The van der Waals surface area contributed by atoms with Gasteiger partial charge in [-0.15, -0.1) is 0 Å². The third-order valence-corrected chi connectivity index (χ3v) is 3.32. The van der Waals surface area contributed by atoms with Crippen molar-refractivity contribution in [3.8, 4) is 11.5 Å². The molecule has 8 nitrogen and oxygen atoms in total. The number of aromatic nitrogens is 2. The second kappa shape index (κ2) is 6.82. The minimum atomic E-state index is -1.36. The second-order valence-electron chi connectivity index (χ2n) is 4.72. The molecule has 0 amide bonds. The Hall–Kier alpha value is -3.03. The second-order valence-corrected chi connectivity index (χ2v) is 4.72. The number of ether oxygens (including phenoxy) is 2. The first-order valence-corrected chi connectivity index (χ1v) is 6.74. The molecule has 2 N–H and O–H groups in total. The summed E-state index contributed by atoms with van der Waals surface area (Å²) in [4.78, 5) is 36.6. The van der Waals surface area contributed by atoms with Crippen molar-refractivity contribution in [1.82, 2.24) is 9.55 Å². The summed E-state index contributed by atoms with van der Waals surface area (Å²) in [6.07, 6.45) is 0.399. The molecule has 0 aliphatic carbocycles. The molecule has 1 heterocycles. The maximum atomic E-state index is 11.8. The van der Waals surface area contributed by atoms with E-state index in [2.05, 4.69) is 4.98 Å². The van der Waals surface area contributed by atoms with Crippen LogP contribution in [0.4, 0.5) is 0 Å². The fourth-order valence-electron chi connectivity index (χ4n) is 2.12. The molecular formula is C15H16N2O6. The highest BCUT2D eigenvalue weighted by atomic mass is 16.5. The number of H-pyrrole nitrogens is 1. The van der Waals surface area contributed by atoms with Gasteiger partial charge in [0.1, 0.15) is 5.69 Å². The number of aromatic carboxylic acids is 1. The molecule has 0 saturated carbocycles. The molecule has 0 radical (unpaired) electrons. The van der Waals surface area contributed by atoms with E-state index in [0.717, 1.165) is 16.2 Å². The van der Waals surface area contributed by atoms with E-state index < -0.39 is 22.9 Å². The number of hydrogen-bond acceptors (Lipinski definition) is 5. The Morgan fingerprint density at radius 3 is 2.43 bits per heavy atom. The quantitative estimate of drug-likeness (QED) is 0.801. The predicted octanol–water partition coefficient (Wildman–Crippen LogP) is 0.495. The Labute approximate surface area is 130 Å². The monoisotopic (exact) mass is 320 g/mol. The topological polar surface area (TPSA) is 111 Å². The summed E-state index contributed by atoms with van der Waals surface area (Å²) >= 11 is 0. The van der Waals surface area contributed by atoms with Crippen LogP contribution >= 0.6 is 0 Å². The average molecular weight is 320 g/mol. The number of benzene rings is 1. The number of hydrogen-bond donors (Lipinski definition) is 2. The minimum Gasteiger partial charge on any atom is -0.493 e. The zero-order valence-corrected chi connectivity index (χ0v) is 12.7. The van der Waals surface area contributed by atoms with E-state index in [9.17, 15) is 14.4 Å². The van der Waals surface area contributed by atoms with Gasteiger partial charge in [-0.25, -0.2) is 9.59 Å². The zero-order chi connectivity index (χ0) is 17.0. The molecule has 8 heteroatoms. The lowest BCUT2D eigenvalue weighted by molar-refractivity contribution is 0.0689. The summed E-state index contributed by atoms with van der Waals surface area (Å²) in [5.74, 6) is -0.226. The van der Waals surface area contributed by atoms with Crippen LogP contribution in [-0.2, 0) is 13.0 Å². The van der Waals surface area contributed by atoms with Gasteiger partial charge in [-0.1, -0.05) is 6.07 Å². The van der Waals surface area contributed by atoms with Gasteiger partial charge >= 0.3 is 11.7 Å². The maximum absolute atomic E-state index is 11.8. The van der Waals surface area contributed by atoms with Crippen molar-refractivity contribution in [2.45, 2.75) is 13.0 Å². The Balaban J connectivity index is 2.23. The fourth-order valence-corrected chi connectivity index (χ4v) is 2.12. The van der Waals surface area contributed by atoms with E-state index in [1.165, 1.54) is 14.2 Å². The standard InChI is InChI=1S/C15H16N2O6/c1-22-11-4-3-9(7-12(11)23-2)5-6-17-13(18)8-10(14(19)20)16-15(17)21/h3-4,7-8H,5-6H2,1-2H3,(H,16,21)(H,19,20). The van der Waals surface area contributed by atoms with Gasteiger partial charge in [-0.3, -0.25) is 9.36 Å². The molecule has 0 aliphatic heterocycles. The van der Waals surface area contributed by atoms with Crippen molar-refractivity contribution < 1.29 is 19.4 Å². The summed E-state index contributed by atoms with van der Waals surface area (Å²) in [5, 5.41) is 8.80. The summed E-state index contributed by atoms with van der Waals surface area (Å²) in [6.45, 7) is 0.115. The predicted molar refractivity (Wildman–Crippen MR) is 81.5 cm³/mol. The number of aryl methyl sites for hydroxylation is 1. The van der Waals surface area contributed by atoms with Crippen LogP contribution in [0.3, 0.4) is 0 Å². The maximum Gasteiger partial charge on any atom is 0.352 e. The van der Waals surface area contributed by atoms with Crippen LogP contribution in [0, 0.1) is 0 Å². The Morgan fingerprint density at radius 2 is 1.87 bits per heavy atom. The fraction of sp³-hybridized carbons (Fsp3) is 0.267. The summed E-state index contributed by atoms with van der Waals surface area (Å²) in [5.41, 5.74) is -0.999. The molecule has 0 bridgehead atoms. The van der Waals surface area contributed by atoms with E-state index in [0.29, 0.717) is 17.9 Å². The van der Waals surface area contributed by atoms with Crippen LogP contribution in [0.2, 0.25) is 0 Å². The van der Waals surface area contributed by atoms with E-state index >= 15 is 0 Å². The zero-order valence-electron chi connectivity index (χ0n) is 12.7. The highest BCUT2D eigenvalue weighted by molar-refractivity contribution is 5.84. The number of nitrogens with one attached hydrogen (secondary N) is 1. The third-order valence-electron chi connectivity index (χ3n) is 3.32. The largest absolute Gasteiger partial charge is 0.493 e. The number of carboxylic acids is 1. The Kier molecular flexibility index (Phi) is 4.85. The molecule has 1 aromatic carbocycles. The molecule has 0 fully saturated rings. The molecule has 1 aromatic heterocycles. The highest BCUT2D eigenvalue weighted by Crippen LogP contribution is 2.27. The number of carboxylic acid groups (broad SMARTS) is 1. The van der Waals surface area contributed by atoms with Gasteiger partial charge < -0.3 is 19.6 Å². The van der Waals surface area contributed by atoms with Crippen LogP contribution in [0.5, 0.6) is 11.5 Å². The van der Waals surface area contributed by atoms with E-state index in [-0.39, 0.29) is 6.54 Å². The van der Waals surface area contributed by atoms with Crippen LogP contribution < -0.4 is 20.7 Å². The SMILES string of the molecule is COc1ccc(CCn2c(=O)cc(C(=O)O)[nH]c2=O)cc1OC. The number of rotatable bonds is 6. The van der Waals surface area contributed by atoms with Gasteiger partial charge in [0, 0.05) is 12.6 Å². The lowest BCUT2D eigenvalue weighted by Crippen LogP contribution is -2.36. The van der Waals surface area contributed by atoms with Crippen molar-refractivity contribution in [2.75, 3.05) is 14.2 Å². The first kappa shape index (κ1) is 16.3. The van der Waals surface area contributed by atoms with Gasteiger partial charge in [-0.05, 0) is 24.1 Å². The van der Waals surface area contributed by atoms with Gasteiger partial charge in [0.25, 0.3) is 5.56 Å². The highest BCUT2D eigenvalue weighted by Gasteiger charge is 2.10. The normalized spacial score (nSPS) is 10.3. The molecule has 0 aliphatic rings. The van der Waals surface area contributed by atoms with Crippen LogP contribution in [0.1, 0.15) is 16.1 Å². The molecule has 0 atom stereocenters. The molecule has 0 spiro atoms. The number of methoxy groups -OCH3 is 2. The van der Waals surface area contributed by atoms with Crippen molar-refractivity contribution in [2.24, 2.45) is 0 Å². The van der Waals surface area contributed by atoms with Crippen molar-refractivity contribution in [3.63, 3.8) is 0 Å². The first-order valence-electron chi connectivity index (χ1n) is 6.74. The number of carbonyl (C=O) groups is 1. The van der Waals surface area contributed by atoms with Crippen molar-refractivity contribution in [3.05, 3.63) is 56.4 Å². The van der Waals surface area contributed by atoms with Gasteiger partial charge in [-0.2, -0.15) is 0 Å². The molecule has 2 rings (SSSR count). The first-order chi connectivity index (χ1) is 11.0. The van der Waals surface area contributed by atoms with E-state index in [1.54, 1.807) is 18.2 Å². The molecule has 0 unspecified atom stereocenters. The van der Waals surface area contributed by atoms with Crippen LogP contribution in [0.15, 0.2) is 33.9 Å². The smallest absolute Gasteiger partial charge is 0.352 e. The van der Waals surface area contributed by atoms with Crippen LogP contribution in [0.25, 0.3) is 0 Å². The van der Waals surface area contributed by atoms with Gasteiger partial charge in [0.15, 0.2) is 11.5 Å². The minimum absolute atomic E-state index is 0.115. The number of aromatic amines is 1. The van der Waals surface area contributed by atoms with Crippen molar-refractivity contribution in [1.29, 1.82) is 0 Å².